The third kappa shape index (κ3) is 3.31. The molecule has 1 fully saturated rings. The zero-order valence-corrected chi connectivity index (χ0v) is 14.7. The molecule has 1 aliphatic heterocycles. The predicted molar refractivity (Wildman–Crippen MR) is 91.1 cm³/mol. The van der Waals surface area contributed by atoms with Gasteiger partial charge in [0.25, 0.3) is 0 Å². The Bertz CT molecular complexity index is 903. The van der Waals surface area contributed by atoms with Gasteiger partial charge in [0.15, 0.2) is 5.78 Å². The minimum atomic E-state index is -5.43. The molecular formula is C18H13ClF4N2O3. The highest BCUT2D eigenvalue weighted by molar-refractivity contribution is 6.31. The fourth-order valence-electron chi connectivity index (χ4n) is 3.17. The summed E-state index contributed by atoms with van der Waals surface area (Å²) < 4.78 is 55.7. The Morgan fingerprint density at radius 2 is 1.75 bits per heavy atom. The number of urea groups is 1. The Labute approximate surface area is 161 Å². The van der Waals surface area contributed by atoms with Crippen LogP contribution in [0, 0.1) is 11.7 Å². The number of aliphatic hydroxyl groups is 1. The van der Waals surface area contributed by atoms with E-state index in [2.05, 4.69) is 5.32 Å². The van der Waals surface area contributed by atoms with Crippen molar-refractivity contribution < 1.29 is 32.3 Å². The number of amides is 2. The molecule has 0 aliphatic carbocycles. The van der Waals surface area contributed by atoms with E-state index in [0.29, 0.717) is 0 Å². The minimum absolute atomic E-state index is 0.161. The Morgan fingerprint density at radius 1 is 1.11 bits per heavy atom. The number of rotatable bonds is 3. The average molecular weight is 417 g/mol. The van der Waals surface area contributed by atoms with Crippen molar-refractivity contribution in [2.75, 3.05) is 0 Å². The third-order valence-electron chi connectivity index (χ3n) is 4.46. The Morgan fingerprint density at radius 3 is 2.32 bits per heavy atom. The highest BCUT2D eigenvalue weighted by Gasteiger charge is 2.66. The molecule has 10 heteroatoms. The Hall–Kier alpha value is -2.65. The lowest BCUT2D eigenvalue weighted by Crippen LogP contribution is -2.72. The van der Waals surface area contributed by atoms with E-state index in [9.17, 15) is 32.3 Å². The van der Waals surface area contributed by atoms with E-state index in [0.717, 1.165) is 6.07 Å². The summed E-state index contributed by atoms with van der Waals surface area (Å²) >= 11 is 5.95. The second kappa shape index (κ2) is 7.06. The van der Waals surface area contributed by atoms with E-state index in [4.69, 9.17) is 11.6 Å². The summed E-state index contributed by atoms with van der Waals surface area (Å²) in [5, 5.41) is 13.6. The van der Waals surface area contributed by atoms with Crippen molar-refractivity contribution >= 4 is 23.4 Å². The molecule has 2 aromatic rings. The summed E-state index contributed by atoms with van der Waals surface area (Å²) in [5.74, 6) is -4.53. The van der Waals surface area contributed by atoms with Crippen LogP contribution in [0.3, 0.4) is 0 Å². The molecule has 0 unspecified atom stereocenters. The normalized spacial score (nSPS) is 25.0. The number of benzene rings is 2. The first-order valence-corrected chi connectivity index (χ1v) is 8.35. The fraction of sp³-hybridized carbons (Fsp3) is 0.222. The predicted octanol–water partition coefficient (Wildman–Crippen LogP) is 3.58. The number of nitrogens with one attached hydrogen (secondary N) is 2. The van der Waals surface area contributed by atoms with Crippen LogP contribution in [0.25, 0.3) is 0 Å². The van der Waals surface area contributed by atoms with Gasteiger partial charge in [-0.3, -0.25) is 4.79 Å². The molecule has 148 valence electrons. The number of hydrogen-bond acceptors (Lipinski definition) is 3. The van der Waals surface area contributed by atoms with Crippen LogP contribution < -0.4 is 10.6 Å². The molecule has 0 aromatic heterocycles. The quantitative estimate of drug-likeness (QED) is 0.528. The molecule has 5 nitrogen and oxygen atoms in total. The van der Waals surface area contributed by atoms with E-state index in [1.165, 1.54) is 41.7 Å². The van der Waals surface area contributed by atoms with Gasteiger partial charge in [-0.15, -0.1) is 0 Å². The standard InChI is InChI=1S/C18H13ClF4N2O3/c19-10-7-4-8-11(20)12(10)14-13(15(26)9-5-2-1-3-6-9)17(28,18(21,22)23)25-16(27)24-14/h1-8,13-14,28H,(H2,24,25,27)/t13-,14+,17+/m1/s1. The van der Waals surface area contributed by atoms with Crippen molar-refractivity contribution in [3.8, 4) is 0 Å². The molecule has 1 saturated heterocycles. The SMILES string of the molecule is O=C1N[C@@H](c2c(F)cccc2Cl)[C@H](C(=O)c2ccccc2)[C@](O)(C(F)(F)F)N1. The van der Waals surface area contributed by atoms with Gasteiger partial charge < -0.3 is 15.7 Å². The maximum absolute atomic E-state index is 14.4. The minimum Gasteiger partial charge on any atom is -0.363 e. The van der Waals surface area contributed by atoms with Crippen molar-refractivity contribution in [1.29, 1.82) is 0 Å². The Kier molecular flexibility index (Phi) is 5.07. The fourth-order valence-corrected chi connectivity index (χ4v) is 3.45. The summed E-state index contributed by atoms with van der Waals surface area (Å²) in [6.07, 6.45) is -5.43. The van der Waals surface area contributed by atoms with E-state index in [1.54, 1.807) is 6.07 Å². The summed E-state index contributed by atoms with van der Waals surface area (Å²) in [6.45, 7) is 0. The number of hydrogen-bond donors (Lipinski definition) is 3. The number of alkyl halides is 3. The summed E-state index contributed by atoms with van der Waals surface area (Å²) in [6, 6.07) is 6.90. The van der Waals surface area contributed by atoms with Crippen molar-refractivity contribution in [2.45, 2.75) is 17.9 Å². The van der Waals surface area contributed by atoms with E-state index in [-0.39, 0.29) is 10.6 Å². The van der Waals surface area contributed by atoms with Gasteiger partial charge in [-0.1, -0.05) is 48.0 Å². The van der Waals surface area contributed by atoms with Gasteiger partial charge in [0.1, 0.15) is 11.7 Å². The largest absolute Gasteiger partial charge is 0.437 e. The van der Waals surface area contributed by atoms with Crippen LogP contribution in [0.2, 0.25) is 5.02 Å². The smallest absolute Gasteiger partial charge is 0.363 e. The molecular weight excluding hydrogens is 404 g/mol. The van der Waals surface area contributed by atoms with Crippen LogP contribution in [0.5, 0.6) is 0 Å². The van der Waals surface area contributed by atoms with Gasteiger partial charge in [0, 0.05) is 16.1 Å². The maximum Gasteiger partial charge on any atom is 0.437 e. The lowest BCUT2D eigenvalue weighted by atomic mass is 9.77. The lowest BCUT2D eigenvalue weighted by Gasteiger charge is -2.45. The molecule has 1 aliphatic rings. The van der Waals surface area contributed by atoms with Crippen molar-refractivity contribution in [1.82, 2.24) is 10.6 Å². The van der Waals surface area contributed by atoms with Gasteiger partial charge in [-0.25, -0.2) is 9.18 Å². The van der Waals surface area contributed by atoms with Gasteiger partial charge in [-0.2, -0.15) is 13.2 Å². The zero-order valence-electron chi connectivity index (χ0n) is 13.9. The first kappa shape index (κ1) is 20.1. The molecule has 3 N–H and O–H groups in total. The van der Waals surface area contributed by atoms with Crippen molar-refractivity contribution in [3.05, 3.63) is 70.5 Å². The third-order valence-corrected chi connectivity index (χ3v) is 4.79. The topological polar surface area (TPSA) is 78.4 Å². The monoisotopic (exact) mass is 416 g/mol. The maximum atomic E-state index is 14.4. The van der Waals surface area contributed by atoms with E-state index >= 15 is 0 Å². The van der Waals surface area contributed by atoms with E-state index < -0.39 is 47.1 Å². The number of carbonyl (C=O) groups is 2. The van der Waals surface area contributed by atoms with Gasteiger partial charge in [0.2, 0.25) is 5.72 Å². The first-order chi connectivity index (χ1) is 13.1. The van der Waals surface area contributed by atoms with Crippen molar-refractivity contribution in [3.63, 3.8) is 0 Å². The van der Waals surface area contributed by atoms with Crippen LogP contribution in [-0.2, 0) is 0 Å². The summed E-state index contributed by atoms with van der Waals surface area (Å²) in [4.78, 5) is 24.8. The summed E-state index contributed by atoms with van der Waals surface area (Å²) in [5.41, 5.74) is -4.64. The number of halogens is 5. The molecule has 28 heavy (non-hydrogen) atoms. The molecule has 0 spiro atoms. The van der Waals surface area contributed by atoms with Crippen LogP contribution in [0.4, 0.5) is 22.4 Å². The van der Waals surface area contributed by atoms with Crippen LogP contribution >= 0.6 is 11.6 Å². The van der Waals surface area contributed by atoms with Gasteiger partial charge >= 0.3 is 12.2 Å². The lowest BCUT2D eigenvalue weighted by molar-refractivity contribution is -0.287. The highest BCUT2D eigenvalue weighted by Crippen LogP contribution is 2.45. The number of ketones is 1. The molecule has 0 saturated carbocycles. The van der Waals surface area contributed by atoms with Gasteiger partial charge in [0.05, 0.1) is 6.04 Å². The summed E-state index contributed by atoms with van der Waals surface area (Å²) in [7, 11) is 0. The van der Waals surface area contributed by atoms with Crippen LogP contribution in [-0.4, -0.2) is 28.8 Å². The van der Waals surface area contributed by atoms with Gasteiger partial charge in [-0.05, 0) is 12.1 Å². The highest BCUT2D eigenvalue weighted by atomic mass is 35.5. The number of Topliss-reactive ketones (excluding diaryl/α,β-unsaturated/α-hetero) is 1. The molecule has 3 atom stereocenters. The van der Waals surface area contributed by atoms with Crippen LogP contribution in [0.15, 0.2) is 48.5 Å². The molecule has 2 amide bonds. The molecule has 1 heterocycles. The molecule has 2 aromatic carbocycles. The van der Waals surface area contributed by atoms with Crippen LogP contribution in [0.1, 0.15) is 22.0 Å². The first-order valence-electron chi connectivity index (χ1n) is 7.97. The Balaban J connectivity index is 2.23. The second-order valence-corrected chi connectivity index (χ2v) is 6.59. The second-order valence-electron chi connectivity index (χ2n) is 6.18. The molecule has 3 rings (SSSR count). The zero-order chi connectivity index (χ0) is 20.7. The van der Waals surface area contributed by atoms with Crippen molar-refractivity contribution in [2.24, 2.45) is 5.92 Å². The molecule has 0 radical (unpaired) electrons. The number of carbonyl (C=O) groups excluding carboxylic acids is 2. The molecule has 0 bridgehead atoms. The average Bonchev–Trinajstić information content (AvgIpc) is 2.60. The van der Waals surface area contributed by atoms with E-state index in [1.807, 2.05) is 0 Å².